The zero-order valence-corrected chi connectivity index (χ0v) is 10.7. The van der Waals surface area contributed by atoms with E-state index in [4.69, 9.17) is 23.2 Å². The van der Waals surface area contributed by atoms with E-state index in [0.717, 1.165) is 24.9 Å². The van der Waals surface area contributed by atoms with Crippen LogP contribution in [0.3, 0.4) is 0 Å². The Labute approximate surface area is 110 Å². The third kappa shape index (κ3) is 1.88. The van der Waals surface area contributed by atoms with Crippen LogP contribution < -0.4 is 5.32 Å². The van der Waals surface area contributed by atoms with Gasteiger partial charge in [0, 0.05) is 5.92 Å². The van der Waals surface area contributed by atoms with Crippen LogP contribution in [0.25, 0.3) is 0 Å². The summed E-state index contributed by atoms with van der Waals surface area (Å²) in [7, 11) is 0. The van der Waals surface area contributed by atoms with Crippen LogP contribution >= 0.6 is 23.2 Å². The van der Waals surface area contributed by atoms with Crippen molar-refractivity contribution in [2.75, 3.05) is 13.1 Å². The van der Waals surface area contributed by atoms with Crippen molar-refractivity contribution in [3.8, 4) is 0 Å². The van der Waals surface area contributed by atoms with Gasteiger partial charge in [-0.25, -0.2) is 0 Å². The Bertz CT molecular complexity index is 453. The molecule has 1 aromatic carbocycles. The van der Waals surface area contributed by atoms with Crippen molar-refractivity contribution in [1.29, 1.82) is 0 Å². The highest BCUT2D eigenvalue weighted by Crippen LogP contribution is 2.55. The van der Waals surface area contributed by atoms with E-state index in [0.29, 0.717) is 27.8 Å². The summed E-state index contributed by atoms with van der Waals surface area (Å²) in [5.41, 5.74) is 0.994. The van der Waals surface area contributed by atoms with Gasteiger partial charge in [-0.2, -0.15) is 0 Å². The standard InChI is InChI=1S/C13H13Cl2NO/c14-11-2-1-7(3-12(11)15)10(6-17)13-8-4-16-5-9(8)13/h1-3,6,8-10,13,16H,4-5H2. The topological polar surface area (TPSA) is 29.1 Å². The molecular formula is C13H13Cl2NO. The van der Waals surface area contributed by atoms with Gasteiger partial charge < -0.3 is 10.1 Å². The van der Waals surface area contributed by atoms with Crippen LogP contribution in [0.5, 0.6) is 0 Å². The molecule has 3 atom stereocenters. The monoisotopic (exact) mass is 269 g/mol. The minimum Gasteiger partial charge on any atom is -0.316 e. The number of carbonyl (C=O) groups excluding carboxylic acids is 1. The molecule has 1 N–H and O–H groups in total. The average Bonchev–Trinajstić information content (AvgIpc) is 2.79. The number of carbonyl (C=O) groups is 1. The lowest BCUT2D eigenvalue weighted by Gasteiger charge is -2.13. The molecule has 1 aliphatic carbocycles. The van der Waals surface area contributed by atoms with Crippen LogP contribution in [0.1, 0.15) is 11.5 Å². The van der Waals surface area contributed by atoms with Gasteiger partial charge in [-0.15, -0.1) is 0 Å². The summed E-state index contributed by atoms with van der Waals surface area (Å²) in [6.45, 7) is 2.09. The molecule has 0 spiro atoms. The molecule has 2 fully saturated rings. The first-order valence-corrected chi connectivity index (χ1v) is 6.59. The van der Waals surface area contributed by atoms with Gasteiger partial charge in [-0.3, -0.25) is 0 Å². The Morgan fingerprint density at radius 3 is 2.53 bits per heavy atom. The summed E-state index contributed by atoms with van der Waals surface area (Å²) >= 11 is 11.9. The van der Waals surface area contributed by atoms with E-state index in [1.165, 1.54) is 0 Å². The van der Waals surface area contributed by atoms with Gasteiger partial charge in [0.25, 0.3) is 0 Å². The van der Waals surface area contributed by atoms with E-state index in [9.17, 15) is 4.79 Å². The summed E-state index contributed by atoms with van der Waals surface area (Å²) in [6.07, 6.45) is 1.06. The number of fused-ring (bicyclic) bond motifs is 1. The largest absolute Gasteiger partial charge is 0.316 e. The number of hydrogen-bond acceptors (Lipinski definition) is 2. The predicted molar refractivity (Wildman–Crippen MR) is 68.6 cm³/mol. The second-order valence-electron chi connectivity index (χ2n) is 4.90. The number of hydrogen-bond donors (Lipinski definition) is 1. The normalized spacial score (nSPS) is 32.0. The Morgan fingerprint density at radius 2 is 1.94 bits per heavy atom. The highest BCUT2D eigenvalue weighted by atomic mass is 35.5. The summed E-state index contributed by atoms with van der Waals surface area (Å²) in [4.78, 5) is 11.3. The van der Waals surface area contributed by atoms with Crippen molar-refractivity contribution in [2.45, 2.75) is 5.92 Å². The van der Waals surface area contributed by atoms with E-state index in [-0.39, 0.29) is 5.92 Å². The third-order valence-corrected chi connectivity index (χ3v) is 4.79. The summed E-state index contributed by atoms with van der Waals surface area (Å²) in [5, 5.41) is 4.41. The molecule has 1 aromatic rings. The molecule has 0 radical (unpaired) electrons. The number of rotatable bonds is 3. The van der Waals surface area contributed by atoms with Gasteiger partial charge >= 0.3 is 0 Å². The first kappa shape index (κ1) is 11.5. The van der Waals surface area contributed by atoms with Crippen molar-refractivity contribution in [3.05, 3.63) is 33.8 Å². The molecule has 2 aliphatic rings. The van der Waals surface area contributed by atoms with Gasteiger partial charge in [0.15, 0.2) is 0 Å². The molecule has 1 heterocycles. The molecule has 17 heavy (non-hydrogen) atoms. The molecule has 1 saturated heterocycles. The molecule has 3 unspecified atom stereocenters. The lowest BCUT2D eigenvalue weighted by atomic mass is 9.93. The Balaban J connectivity index is 1.85. The lowest BCUT2D eigenvalue weighted by Crippen LogP contribution is -2.18. The van der Waals surface area contributed by atoms with Gasteiger partial charge in [0.1, 0.15) is 6.29 Å². The fourth-order valence-electron chi connectivity index (χ4n) is 3.11. The molecule has 90 valence electrons. The van der Waals surface area contributed by atoms with E-state index >= 15 is 0 Å². The van der Waals surface area contributed by atoms with Crippen LogP contribution in [0.15, 0.2) is 18.2 Å². The molecular weight excluding hydrogens is 257 g/mol. The van der Waals surface area contributed by atoms with Gasteiger partial charge in [0.05, 0.1) is 10.0 Å². The van der Waals surface area contributed by atoms with Crippen molar-refractivity contribution >= 4 is 29.5 Å². The Hall–Kier alpha value is -0.570. The minimum atomic E-state index is -0.0260. The van der Waals surface area contributed by atoms with E-state index in [2.05, 4.69) is 5.32 Å². The van der Waals surface area contributed by atoms with Gasteiger partial charge in [-0.05, 0) is 48.5 Å². The molecule has 1 saturated carbocycles. The van der Waals surface area contributed by atoms with Crippen LogP contribution in [-0.4, -0.2) is 19.4 Å². The first-order chi connectivity index (χ1) is 8.22. The second kappa shape index (κ2) is 4.27. The lowest BCUT2D eigenvalue weighted by molar-refractivity contribution is -0.109. The fourth-order valence-corrected chi connectivity index (χ4v) is 3.42. The summed E-state index contributed by atoms with van der Waals surface area (Å²) in [6, 6.07) is 5.51. The van der Waals surface area contributed by atoms with E-state index < -0.39 is 0 Å². The fraction of sp³-hybridized carbons (Fsp3) is 0.462. The Kier molecular flexibility index (Phi) is 2.89. The molecule has 1 aliphatic heterocycles. The summed E-state index contributed by atoms with van der Waals surface area (Å²) < 4.78 is 0. The third-order valence-electron chi connectivity index (χ3n) is 4.05. The zero-order valence-electron chi connectivity index (χ0n) is 9.20. The quantitative estimate of drug-likeness (QED) is 0.856. The number of piperidine rings is 1. The summed E-state index contributed by atoms with van der Waals surface area (Å²) in [5.74, 6) is 1.80. The van der Waals surface area contributed by atoms with Crippen LogP contribution in [0.2, 0.25) is 10.0 Å². The highest BCUT2D eigenvalue weighted by molar-refractivity contribution is 6.42. The SMILES string of the molecule is O=CC(c1ccc(Cl)c(Cl)c1)C1C2CNCC21. The number of halogens is 2. The molecule has 0 bridgehead atoms. The van der Waals surface area contributed by atoms with E-state index in [1.807, 2.05) is 12.1 Å². The molecule has 0 amide bonds. The number of nitrogens with one attached hydrogen (secondary N) is 1. The maximum atomic E-state index is 11.3. The highest BCUT2D eigenvalue weighted by Gasteiger charge is 2.56. The minimum absolute atomic E-state index is 0.0260. The zero-order chi connectivity index (χ0) is 12.0. The molecule has 0 aromatic heterocycles. The Morgan fingerprint density at radius 1 is 1.24 bits per heavy atom. The van der Waals surface area contributed by atoms with Crippen molar-refractivity contribution in [2.24, 2.45) is 17.8 Å². The first-order valence-electron chi connectivity index (χ1n) is 5.83. The maximum absolute atomic E-state index is 11.3. The molecule has 2 nitrogen and oxygen atoms in total. The predicted octanol–water partition coefficient (Wildman–Crippen LogP) is 2.74. The molecule has 3 rings (SSSR count). The van der Waals surface area contributed by atoms with Gasteiger partial charge in [0.2, 0.25) is 0 Å². The van der Waals surface area contributed by atoms with Crippen LogP contribution in [0, 0.1) is 17.8 Å². The van der Waals surface area contributed by atoms with Crippen LogP contribution in [-0.2, 0) is 4.79 Å². The number of benzene rings is 1. The maximum Gasteiger partial charge on any atom is 0.127 e. The number of aldehydes is 1. The smallest absolute Gasteiger partial charge is 0.127 e. The van der Waals surface area contributed by atoms with E-state index in [1.54, 1.807) is 6.07 Å². The van der Waals surface area contributed by atoms with Gasteiger partial charge in [-0.1, -0.05) is 29.3 Å². The molecule has 4 heteroatoms. The van der Waals surface area contributed by atoms with Crippen molar-refractivity contribution in [1.82, 2.24) is 5.32 Å². The van der Waals surface area contributed by atoms with Crippen molar-refractivity contribution in [3.63, 3.8) is 0 Å². The van der Waals surface area contributed by atoms with Crippen LogP contribution in [0.4, 0.5) is 0 Å². The van der Waals surface area contributed by atoms with Crippen molar-refractivity contribution < 1.29 is 4.79 Å². The second-order valence-corrected chi connectivity index (χ2v) is 5.71. The average molecular weight is 270 g/mol.